The molecule has 0 N–H and O–H groups in total. The van der Waals surface area contributed by atoms with E-state index in [1.165, 1.54) is 19.3 Å². The summed E-state index contributed by atoms with van der Waals surface area (Å²) in [6.07, 6.45) is 7.48. The third-order valence-corrected chi connectivity index (χ3v) is 7.35. The number of aryl methyl sites for hydroxylation is 1. The van der Waals surface area contributed by atoms with Crippen LogP contribution < -0.4 is 4.90 Å². The van der Waals surface area contributed by atoms with Crippen molar-refractivity contribution in [3.8, 4) is 0 Å². The van der Waals surface area contributed by atoms with Crippen molar-refractivity contribution in [2.45, 2.75) is 86.2 Å². The van der Waals surface area contributed by atoms with Gasteiger partial charge in [-0.1, -0.05) is 20.3 Å². The summed E-state index contributed by atoms with van der Waals surface area (Å²) >= 11 is 0. The summed E-state index contributed by atoms with van der Waals surface area (Å²) in [6.45, 7) is 17.3. The second-order valence-corrected chi connectivity index (χ2v) is 10.3. The van der Waals surface area contributed by atoms with Gasteiger partial charge in [0.15, 0.2) is 5.78 Å². The molecule has 2 aromatic heterocycles. The minimum atomic E-state index is -0.0634. The second kappa shape index (κ2) is 8.20. The summed E-state index contributed by atoms with van der Waals surface area (Å²) in [7, 11) is 2.15. The van der Waals surface area contributed by atoms with Crippen molar-refractivity contribution in [2.75, 3.05) is 11.9 Å². The number of ketones is 1. The first-order valence-electron chi connectivity index (χ1n) is 11.4. The van der Waals surface area contributed by atoms with Crippen molar-refractivity contribution in [2.24, 2.45) is 11.8 Å². The van der Waals surface area contributed by atoms with Crippen molar-refractivity contribution in [1.29, 1.82) is 0 Å². The van der Waals surface area contributed by atoms with Crippen LogP contribution in [0.1, 0.15) is 86.8 Å². The Bertz CT molecular complexity index is 934. The minimum absolute atomic E-state index is 0.0634. The Morgan fingerprint density at radius 2 is 1.90 bits per heavy atom. The van der Waals surface area contributed by atoms with Gasteiger partial charge in [0.1, 0.15) is 0 Å². The van der Waals surface area contributed by atoms with E-state index in [4.69, 9.17) is 0 Å². The van der Waals surface area contributed by atoms with Gasteiger partial charge >= 0.3 is 0 Å². The van der Waals surface area contributed by atoms with Gasteiger partial charge < -0.3 is 9.47 Å². The summed E-state index contributed by atoms with van der Waals surface area (Å²) in [6, 6.07) is 2.49. The molecule has 1 saturated carbocycles. The zero-order valence-electron chi connectivity index (χ0n) is 20.3. The molecule has 30 heavy (non-hydrogen) atoms. The molecular weight excluding hydrogens is 370 g/mol. The molecule has 3 rings (SSSR count). The van der Waals surface area contributed by atoms with Crippen molar-refractivity contribution in [3.63, 3.8) is 0 Å². The van der Waals surface area contributed by atoms with Crippen LogP contribution in [-0.2, 0) is 5.54 Å². The molecule has 0 radical (unpaired) electrons. The van der Waals surface area contributed by atoms with Crippen LogP contribution in [-0.4, -0.2) is 28.4 Å². The summed E-state index contributed by atoms with van der Waals surface area (Å²) < 4.78 is 2.22. The third kappa shape index (κ3) is 3.93. The topological polar surface area (TPSA) is 38.1 Å². The third-order valence-electron chi connectivity index (χ3n) is 7.35. The van der Waals surface area contributed by atoms with Gasteiger partial charge in [-0.2, -0.15) is 0 Å². The molecule has 4 heteroatoms. The number of anilines is 1. The summed E-state index contributed by atoms with van der Waals surface area (Å²) in [4.78, 5) is 20.7. The van der Waals surface area contributed by atoms with Crippen LogP contribution in [0.2, 0.25) is 0 Å². The Balaban J connectivity index is 2.03. The van der Waals surface area contributed by atoms with Gasteiger partial charge in [0, 0.05) is 42.3 Å². The van der Waals surface area contributed by atoms with Gasteiger partial charge in [-0.3, -0.25) is 9.78 Å². The zero-order chi connectivity index (χ0) is 22.4. The van der Waals surface area contributed by atoms with Crippen LogP contribution in [0, 0.1) is 32.6 Å². The highest BCUT2D eigenvalue weighted by molar-refractivity contribution is 6.14. The second-order valence-electron chi connectivity index (χ2n) is 10.3. The maximum Gasteiger partial charge on any atom is 0.198 e. The van der Waals surface area contributed by atoms with E-state index in [1.807, 2.05) is 25.4 Å². The molecule has 1 fully saturated rings. The van der Waals surface area contributed by atoms with Crippen LogP contribution in [0.15, 0.2) is 18.5 Å². The molecule has 1 aliphatic carbocycles. The first-order chi connectivity index (χ1) is 14.0. The lowest BCUT2D eigenvalue weighted by molar-refractivity contribution is 0.103. The molecule has 0 saturated heterocycles. The molecular formula is C26H39N3O. The van der Waals surface area contributed by atoms with Gasteiger partial charge in [-0.05, 0) is 77.8 Å². The van der Waals surface area contributed by atoms with Crippen molar-refractivity contribution >= 4 is 11.5 Å². The van der Waals surface area contributed by atoms with Crippen molar-refractivity contribution < 1.29 is 4.79 Å². The molecule has 164 valence electrons. The Labute approximate surface area is 182 Å². The quantitative estimate of drug-likeness (QED) is 0.564. The molecule has 2 heterocycles. The molecule has 3 atom stereocenters. The molecule has 0 aliphatic heterocycles. The van der Waals surface area contributed by atoms with Crippen molar-refractivity contribution in [3.05, 3.63) is 46.5 Å². The van der Waals surface area contributed by atoms with Gasteiger partial charge in [0.05, 0.1) is 16.9 Å². The van der Waals surface area contributed by atoms with Crippen LogP contribution in [0.4, 0.5) is 5.69 Å². The van der Waals surface area contributed by atoms with Crippen LogP contribution in [0.5, 0.6) is 0 Å². The molecule has 0 aromatic carbocycles. The van der Waals surface area contributed by atoms with Crippen LogP contribution >= 0.6 is 0 Å². The maximum absolute atomic E-state index is 13.8. The molecule has 2 aromatic rings. The lowest BCUT2D eigenvalue weighted by Gasteiger charge is -2.29. The van der Waals surface area contributed by atoms with E-state index in [-0.39, 0.29) is 11.3 Å². The van der Waals surface area contributed by atoms with Gasteiger partial charge in [-0.15, -0.1) is 0 Å². The van der Waals surface area contributed by atoms with E-state index in [1.54, 1.807) is 0 Å². The lowest BCUT2D eigenvalue weighted by Crippen LogP contribution is -2.31. The Kier molecular flexibility index (Phi) is 6.18. The molecule has 0 unspecified atom stereocenters. The fraction of sp³-hybridized carbons (Fsp3) is 0.615. The van der Waals surface area contributed by atoms with E-state index in [2.05, 4.69) is 70.0 Å². The Hall–Kier alpha value is -2.10. The molecule has 4 nitrogen and oxygen atoms in total. The number of hydrogen-bond donors (Lipinski definition) is 0. The highest BCUT2D eigenvalue weighted by Crippen LogP contribution is 2.39. The highest BCUT2D eigenvalue weighted by Gasteiger charge is 2.34. The fourth-order valence-corrected chi connectivity index (χ4v) is 5.27. The van der Waals surface area contributed by atoms with E-state index < -0.39 is 0 Å². The number of pyridine rings is 1. The van der Waals surface area contributed by atoms with E-state index in [0.29, 0.717) is 6.04 Å². The molecule has 0 spiro atoms. The SMILES string of the molecule is CC[C@H]1C[C@@H](N(C)c2ccnc(C)c2C(=O)c2cn(C(C)(C)C)c(C)c2C)C[C@@H]1C. The average molecular weight is 410 g/mol. The lowest BCUT2D eigenvalue weighted by atomic mass is 9.96. The van der Waals surface area contributed by atoms with Gasteiger partial charge in [-0.25, -0.2) is 0 Å². The summed E-state index contributed by atoms with van der Waals surface area (Å²) in [5, 5.41) is 0. The minimum Gasteiger partial charge on any atom is -0.371 e. The van der Waals surface area contributed by atoms with E-state index in [0.717, 1.165) is 45.6 Å². The van der Waals surface area contributed by atoms with E-state index >= 15 is 0 Å². The van der Waals surface area contributed by atoms with Gasteiger partial charge in [0.2, 0.25) is 0 Å². The monoisotopic (exact) mass is 409 g/mol. The molecule has 0 amide bonds. The summed E-state index contributed by atoms with van der Waals surface area (Å²) in [5.74, 6) is 1.59. The predicted molar refractivity (Wildman–Crippen MR) is 126 cm³/mol. The smallest absolute Gasteiger partial charge is 0.198 e. The fourth-order valence-electron chi connectivity index (χ4n) is 5.27. The largest absolute Gasteiger partial charge is 0.371 e. The number of hydrogen-bond acceptors (Lipinski definition) is 3. The zero-order valence-corrected chi connectivity index (χ0v) is 20.3. The summed E-state index contributed by atoms with van der Waals surface area (Å²) in [5.41, 5.74) is 5.52. The van der Waals surface area contributed by atoms with Crippen LogP contribution in [0.3, 0.4) is 0 Å². The van der Waals surface area contributed by atoms with Gasteiger partial charge in [0.25, 0.3) is 0 Å². The standard InChI is InChI=1S/C26H39N3O/c1-10-20-14-21(13-16(20)2)28(9)23-11-12-27-18(4)24(23)25(30)22-15-29(26(6,7)8)19(5)17(22)3/h11-12,15-16,20-21H,10,13-14H2,1-9H3/t16-,20-,21-/m0/s1. The highest BCUT2D eigenvalue weighted by atomic mass is 16.1. The first kappa shape index (κ1) is 22.6. The van der Waals surface area contributed by atoms with Crippen LogP contribution in [0.25, 0.3) is 0 Å². The predicted octanol–water partition coefficient (Wildman–Crippen LogP) is 6.06. The normalized spacial score (nSPS) is 21.8. The Morgan fingerprint density at radius 1 is 1.23 bits per heavy atom. The number of carbonyl (C=O) groups is 1. The Morgan fingerprint density at radius 3 is 2.43 bits per heavy atom. The van der Waals surface area contributed by atoms with Crippen molar-refractivity contribution in [1.82, 2.24) is 9.55 Å². The number of aromatic nitrogens is 2. The average Bonchev–Trinajstić information content (AvgIpc) is 3.20. The first-order valence-corrected chi connectivity index (χ1v) is 11.4. The molecule has 1 aliphatic rings. The number of rotatable bonds is 5. The number of carbonyl (C=O) groups excluding carboxylic acids is 1. The molecule has 0 bridgehead atoms. The van der Waals surface area contributed by atoms with E-state index in [9.17, 15) is 4.79 Å². The number of nitrogens with zero attached hydrogens (tertiary/aromatic N) is 3. The maximum atomic E-state index is 13.8.